The zero-order valence-electron chi connectivity index (χ0n) is 7.49. The van der Waals surface area contributed by atoms with Crippen LogP contribution in [0.2, 0.25) is 0 Å². The lowest BCUT2D eigenvalue weighted by Gasteiger charge is -2.34. The molecule has 0 saturated heterocycles. The Labute approximate surface area is 72.9 Å². The zero-order valence-corrected chi connectivity index (χ0v) is 7.49. The molecule has 0 aliphatic heterocycles. The van der Waals surface area contributed by atoms with Crippen molar-refractivity contribution in [3.8, 4) is 0 Å². The van der Waals surface area contributed by atoms with E-state index in [-0.39, 0.29) is 12.5 Å². The molecule has 3 nitrogen and oxygen atoms in total. The van der Waals surface area contributed by atoms with Crippen LogP contribution in [0.5, 0.6) is 0 Å². The second-order valence-corrected chi connectivity index (χ2v) is 3.81. The minimum absolute atomic E-state index is 0.109. The van der Waals surface area contributed by atoms with E-state index in [1.165, 1.54) is 19.3 Å². The molecule has 0 bridgehead atoms. The highest BCUT2D eigenvalue weighted by Gasteiger charge is 2.28. The summed E-state index contributed by atoms with van der Waals surface area (Å²) in [6, 6.07) is -0.159. The number of rotatable bonds is 4. The monoisotopic (exact) mass is 171 g/mol. The first kappa shape index (κ1) is 9.52. The summed E-state index contributed by atoms with van der Waals surface area (Å²) in [5.41, 5.74) is 5.75. The van der Waals surface area contributed by atoms with Crippen LogP contribution in [0.4, 0.5) is 0 Å². The number of hydrogen-bond donors (Lipinski definition) is 2. The van der Waals surface area contributed by atoms with E-state index in [2.05, 4.69) is 6.92 Å². The predicted octanol–water partition coefficient (Wildman–Crippen LogP) is 1.22. The van der Waals surface area contributed by atoms with Gasteiger partial charge in [0.15, 0.2) is 0 Å². The van der Waals surface area contributed by atoms with E-state index in [0.29, 0.717) is 11.8 Å². The Morgan fingerprint density at radius 1 is 1.67 bits per heavy atom. The molecule has 1 saturated carbocycles. The fourth-order valence-corrected chi connectivity index (χ4v) is 1.70. The molecule has 1 aliphatic rings. The van der Waals surface area contributed by atoms with E-state index in [0.717, 1.165) is 0 Å². The molecule has 3 N–H and O–H groups in total. The lowest BCUT2D eigenvalue weighted by molar-refractivity contribution is -0.137. The maximum Gasteiger partial charge on any atom is 0.304 e. The Balaban J connectivity index is 2.29. The standard InChI is InChI=1S/C9H17NO2/c1-6(7-3-2-4-7)8(10)5-9(11)12/h6-8H,2-5,10H2,1H3,(H,11,12). The van der Waals surface area contributed by atoms with Gasteiger partial charge in [0.25, 0.3) is 0 Å². The van der Waals surface area contributed by atoms with E-state index >= 15 is 0 Å². The summed E-state index contributed by atoms with van der Waals surface area (Å²) >= 11 is 0. The first-order chi connectivity index (χ1) is 5.61. The molecule has 1 fully saturated rings. The molecule has 0 spiro atoms. The van der Waals surface area contributed by atoms with E-state index in [1.54, 1.807) is 0 Å². The molecular formula is C9H17NO2. The van der Waals surface area contributed by atoms with Crippen LogP contribution in [0.3, 0.4) is 0 Å². The van der Waals surface area contributed by atoms with Crippen LogP contribution in [0.1, 0.15) is 32.6 Å². The maximum atomic E-state index is 10.4. The Bertz CT molecular complexity index is 166. The van der Waals surface area contributed by atoms with Crippen LogP contribution >= 0.6 is 0 Å². The van der Waals surface area contributed by atoms with Gasteiger partial charge in [0, 0.05) is 6.04 Å². The normalized spacial score (nSPS) is 22.8. The first-order valence-electron chi connectivity index (χ1n) is 4.58. The lowest BCUT2D eigenvalue weighted by atomic mass is 9.73. The highest BCUT2D eigenvalue weighted by molar-refractivity contribution is 5.67. The van der Waals surface area contributed by atoms with Gasteiger partial charge >= 0.3 is 5.97 Å². The minimum Gasteiger partial charge on any atom is -0.481 e. The highest BCUT2D eigenvalue weighted by atomic mass is 16.4. The largest absolute Gasteiger partial charge is 0.481 e. The number of aliphatic carboxylic acids is 1. The summed E-state index contributed by atoms with van der Waals surface area (Å²) in [5, 5.41) is 8.53. The number of carboxylic acids is 1. The molecule has 12 heavy (non-hydrogen) atoms. The first-order valence-corrected chi connectivity index (χ1v) is 4.58. The van der Waals surface area contributed by atoms with Gasteiger partial charge < -0.3 is 10.8 Å². The second-order valence-electron chi connectivity index (χ2n) is 3.81. The second kappa shape index (κ2) is 3.90. The number of carbonyl (C=O) groups is 1. The van der Waals surface area contributed by atoms with E-state index in [9.17, 15) is 4.79 Å². The molecule has 70 valence electrons. The van der Waals surface area contributed by atoms with Crippen molar-refractivity contribution < 1.29 is 9.90 Å². The predicted molar refractivity (Wildman–Crippen MR) is 46.7 cm³/mol. The number of hydrogen-bond acceptors (Lipinski definition) is 2. The number of nitrogens with two attached hydrogens (primary N) is 1. The molecule has 0 aromatic heterocycles. The van der Waals surface area contributed by atoms with Crippen LogP contribution in [-0.4, -0.2) is 17.1 Å². The maximum absolute atomic E-state index is 10.4. The topological polar surface area (TPSA) is 63.3 Å². The zero-order chi connectivity index (χ0) is 9.14. The quantitative estimate of drug-likeness (QED) is 0.668. The molecule has 1 aliphatic carbocycles. The summed E-state index contributed by atoms with van der Waals surface area (Å²) in [4.78, 5) is 10.4. The molecule has 0 aromatic carbocycles. The molecule has 2 unspecified atom stereocenters. The van der Waals surface area contributed by atoms with Crippen LogP contribution < -0.4 is 5.73 Å². The Kier molecular flexibility index (Phi) is 3.09. The summed E-state index contributed by atoms with van der Waals surface area (Å²) in [7, 11) is 0. The van der Waals surface area contributed by atoms with Gasteiger partial charge in [0.2, 0.25) is 0 Å². The molecule has 1 rings (SSSR count). The van der Waals surface area contributed by atoms with Crippen molar-refractivity contribution in [1.29, 1.82) is 0 Å². The van der Waals surface area contributed by atoms with Gasteiger partial charge in [-0.3, -0.25) is 4.79 Å². The van der Waals surface area contributed by atoms with Crippen molar-refractivity contribution in [2.24, 2.45) is 17.6 Å². The van der Waals surface area contributed by atoms with Gasteiger partial charge in [-0.2, -0.15) is 0 Å². The molecule has 0 radical (unpaired) electrons. The highest BCUT2D eigenvalue weighted by Crippen LogP contribution is 2.34. The van der Waals surface area contributed by atoms with E-state index in [1.807, 2.05) is 0 Å². The van der Waals surface area contributed by atoms with Crippen molar-refractivity contribution >= 4 is 5.97 Å². The summed E-state index contributed by atoms with van der Waals surface area (Å²) in [6.07, 6.45) is 3.86. The van der Waals surface area contributed by atoms with Crippen molar-refractivity contribution in [3.63, 3.8) is 0 Å². The smallest absolute Gasteiger partial charge is 0.304 e. The average molecular weight is 171 g/mol. The van der Waals surface area contributed by atoms with Gasteiger partial charge in [0.1, 0.15) is 0 Å². The van der Waals surface area contributed by atoms with Crippen molar-refractivity contribution in [1.82, 2.24) is 0 Å². The van der Waals surface area contributed by atoms with Crippen LogP contribution in [0, 0.1) is 11.8 Å². The lowest BCUT2D eigenvalue weighted by Crippen LogP contribution is -2.37. The Hall–Kier alpha value is -0.570. The fourth-order valence-electron chi connectivity index (χ4n) is 1.70. The molecule has 0 aromatic rings. The van der Waals surface area contributed by atoms with Crippen molar-refractivity contribution in [2.45, 2.75) is 38.6 Å². The van der Waals surface area contributed by atoms with Gasteiger partial charge in [-0.1, -0.05) is 26.2 Å². The third kappa shape index (κ3) is 2.21. The third-order valence-electron chi connectivity index (χ3n) is 2.98. The van der Waals surface area contributed by atoms with Crippen LogP contribution in [-0.2, 0) is 4.79 Å². The summed E-state index contributed by atoms with van der Waals surface area (Å²) < 4.78 is 0. The van der Waals surface area contributed by atoms with Crippen molar-refractivity contribution in [2.75, 3.05) is 0 Å². The van der Waals surface area contributed by atoms with Crippen molar-refractivity contribution in [3.05, 3.63) is 0 Å². The van der Waals surface area contributed by atoms with Crippen LogP contribution in [0.25, 0.3) is 0 Å². The molecule has 3 heteroatoms. The summed E-state index contributed by atoms with van der Waals surface area (Å²) in [6.45, 7) is 2.07. The van der Waals surface area contributed by atoms with Gasteiger partial charge in [-0.25, -0.2) is 0 Å². The molecule has 0 heterocycles. The van der Waals surface area contributed by atoms with E-state index in [4.69, 9.17) is 10.8 Å². The molecule has 2 atom stereocenters. The molecule has 0 amide bonds. The van der Waals surface area contributed by atoms with E-state index < -0.39 is 5.97 Å². The van der Waals surface area contributed by atoms with Gasteiger partial charge in [-0.05, 0) is 11.8 Å². The molecular weight excluding hydrogens is 154 g/mol. The Morgan fingerprint density at radius 2 is 2.25 bits per heavy atom. The summed E-state index contributed by atoms with van der Waals surface area (Å²) in [5.74, 6) is 0.267. The number of carboxylic acid groups (broad SMARTS) is 1. The SMILES string of the molecule is CC(C(N)CC(=O)O)C1CCC1. The van der Waals surface area contributed by atoms with Crippen LogP contribution in [0.15, 0.2) is 0 Å². The Morgan fingerprint density at radius 3 is 2.58 bits per heavy atom. The average Bonchev–Trinajstić information content (AvgIpc) is 1.81. The fraction of sp³-hybridized carbons (Fsp3) is 0.889. The van der Waals surface area contributed by atoms with Gasteiger partial charge in [0.05, 0.1) is 6.42 Å². The third-order valence-corrected chi connectivity index (χ3v) is 2.98. The van der Waals surface area contributed by atoms with Gasteiger partial charge in [-0.15, -0.1) is 0 Å². The minimum atomic E-state index is -0.784.